The van der Waals surface area contributed by atoms with Crippen molar-refractivity contribution in [2.75, 3.05) is 36.4 Å². The van der Waals surface area contributed by atoms with Crippen molar-refractivity contribution in [2.24, 2.45) is 0 Å². The zero-order chi connectivity index (χ0) is 17.7. The van der Waals surface area contributed by atoms with E-state index < -0.39 is 10.0 Å². The van der Waals surface area contributed by atoms with Gasteiger partial charge in [-0.1, -0.05) is 5.16 Å². The van der Waals surface area contributed by atoms with E-state index in [4.69, 9.17) is 0 Å². The van der Waals surface area contributed by atoms with Crippen LogP contribution in [0.5, 0.6) is 0 Å². The van der Waals surface area contributed by atoms with Crippen LogP contribution < -0.4 is 14.9 Å². The fourth-order valence-corrected chi connectivity index (χ4v) is 3.58. The van der Waals surface area contributed by atoms with Gasteiger partial charge in [-0.15, -0.1) is 0 Å². The van der Waals surface area contributed by atoms with E-state index in [-0.39, 0.29) is 11.4 Å². The molecule has 0 radical (unpaired) electrons. The lowest BCUT2D eigenvalue weighted by Crippen LogP contribution is -2.31. The highest BCUT2D eigenvalue weighted by Crippen LogP contribution is 2.19. The number of hydrogen-bond acceptors (Lipinski definition) is 8. The largest absolute Gasteiger partial charge is 0.363 e. The third kappa shape index (κ3) is 4.67. The van der Waals surface area contributed by atoms with Crippen LogP contribution in [0.4, 0.5) is 11.8 Å². The van der Waals surface area contributed by atoms with Crippen LogP contribution in [0.2, 0.25) is 0 Å². The number of rotatable bonds is 7. The summed E-state index contributed by atoms with van der Waals surface area (Å²) in [6, 6.07) is 1.98. The first-order chi connectivity index (χ1) is 12.0. The number of anilines is 2. The normalized spacial score (nSPS) is 15.3. The van der Waals surface area contributed by atoms with Crippen LogP contribution in [0, 0.1) is 6.92 Å². The van der Waals surface area contributed by atoms with Gasteiger partial charge in [0.1, 0.15) is 17.0 Å². The van der Waals surface area contributed by atoms with E-state index in [1.54, 1.807) is 0 Å². The van der Waals surface area contributed by atoms with Gasteiger partial charge in [0.25, 0.3) is 0 Å². The molecular weight excluding hydrogens is 344 g/mol. The highest BCUT2D eigenvalue weighted by atomic mass is 32.2. The predicted molar refractivity (Wildman–Crippen MR) is 93.0 cm³/mol. The van der Waals surface area contributed by atoms with Crippen molar-refractivity contribution in [1.29, 1.82) is 0 Å². The molecule has 3 rings (SSSR count). The molecular formula is C15H22N6O3S. The van der Waals surface area contributed by atoms with Gasteiger partial charge in [-0.3, -0.25) is 0 Å². The predicted octanol–water partition coefficient (Wildman–Crippen LogP) is 1.15. The maximum absolute atomic E-state index is 11.9. The molecule has 1 fully saturated rings. The highest BCUT2D eigenvalue weighted by molar-refractivity contribution is 7.89. The van der Waals surface area contributed by atoms with Crippen LogP contribution in [0.15, 0.2) is 27.9 Å². The second-order valence-corrected chi connectivity index (χ2v) is 7.69. The molecule has 9 nitrogen and oxygen atoms in total. The van der Waals surface area contributed by atoms with Gasteiger partial charge in [0.05, 0.1) is 6.20 Å². The van der Waals surface area contributed by atoms with Gasteiger partial charge in [0, 0.05) is 37.9 Å². The Morgan fingerprint density at radius 3 is 2.72 bits per heavy atom. The zero-order valence-corrected chi connectivity index (χ0v) is 14.9. The maximum atomic E-state index is 11.9. The van der Waals surface area contributed by atoms with E-state index in [0.29, 0.717) is 12.5 Å². The molecule has 0 amide bonds. The van der Waals surface area contributed by atoms with Crippen molar-refractivity contribution >= 4 is 21.8 Å². The maximum Gasteiger partial charge on any atom is 0.245 e. The molecule has 0 aliphatic carbocycles. The van der Waals surface area contributed by atoms with E-state index in [0.717, 1.165) is 37.1 Å². The Bertz CT molecular complexity index is 788. The molecule has 2 aromatic rings. The summed E-state index contributed by atoms with van der Waals surface area (Å²) < 4.78 is 30.9. The van der Waals surface area contributed by atoms with Crippen molar-refractivity contribution < 1.29 is 12.9 Å². The van der Waals surface area contributed by atoms with Crippen LogP contribution in [0.25, 0.3) is 0 Å². The van der Waals surface area contributed by atoms with Gasteiger partial charge in [-0.25, -0.2) is 18.1 Å². The Hall–Kier alpha value is -2.20. The monoisotopic (exact) mass is 366 g/mol. The third-order valence-corrected chi connectivity index (χ3v) is 5.35. The van der Waals surface area contributed by atoms with Crippen molar-refractivity contribution in [3.05, 3.63) is 24.2 Å². The van der Waals surface area contributed by atoms with Crippen molar-refractivity contribution in [3.8, 4) is 0 Å². The molecule has 10 heteroatoms. The average Bonchev–Trinajstić information content (AvgIpc) is 3.15. The number of aromatic nitrogens is 3. The first-order valence-electron chi connectivity index (χ1n) is 8.28. The van der Waals surface area contributed by atoms with Gasteiger partial charge in [0.2, 0.25) is 16.0 Å². The third-order valence-electron chi connectivity index (χ3n) is 3.94. The molecule has 1 aliphatic rings. The second kappa shape index (κ2) is 7.79. The van der Waals surface area contributed by atoms with Gasteiger partial charge >= 0.3 is 0 Å². The zero-order valence-electron chi connectivity index (χ0n) is 14.1. The lowest BCUT2D eigenvalue weighted by molar-refractivity contribution is 0.417. The van der Waals surface area contributed by atoms with Crippen LogP contribution in [0.1, 0.15) is 25.0 Å². The number of hydrogen-bond donors (Lipinski definition) is 2. The minimum absolute atomic E-state index is 0.00619. The first kappa shape index (κ1) is 17.6. The summed E-state index contributed by atoms with van der Waals surface area (Å²) in [6.07, 6.45) is 5.86. The number of piperidine rings is 1. The van der Waals surface area contributed by atoms with Crippen molar-refractivity contribution in [2.45, 2.75) is 31.1 Å². The molecule has 2 N–H and O–H groups in total. The summed E-state index contributed by atoms with van der Waals surface area (Å²) in [5, 5.41) is 6.46. The van der Waals surface area contributed by atoms with Crippen LogP contribution in [0.3, 0.4) is 0 Å². The van der Waals surface area contributed by atoms with Gasteiger partial charge in [-0.05, 0) is 26.2 Å². The average molecular weight is 366 g/mol. The smallest absolute Gasteiger partial charge is 0.245 e. The van der Waals surface area contributed by atoms with Gasteiger partial charge in [0.15, 0.2) is 0 Å². The van der Waals surface area contributed by atoms with Crippen molar-refractivity contribution in [1.82, 2.24) is 19.8 Å². The molecule has 25 heavy (non-hydrogen) atoms. The lowest BCUT2D eigenvalue weighted by atomic mass is 10.1. The summed E-state index contributed by atoms with van der Waals surface area (Å²) in [5.41, 5.74) is 0.878. The quantitative estimate of drug-likeness (QED) is 0.702. The van der Waals surface area contributed by atoms with Crippen LogP contribution in [-0.2, 0) is 10.0 Å². The highest BCUT2D eigenvalue weighted by Gasteiger charge is 2.16. The lowest BCUT2D eigenvalue weighted by Gasteiger charge is -2.28. The van der Waals surface area contributed by atoms with Gasteiger partial charge in [-0.2, -0.15) is 4.98 Å². The Morgan fingerprint density at radius 2 is 2.00 bits per heavy atom. The molecule has 0 saturated carbocycles. The molecule has 3 heterocycles. The summed E-state index contributed by atoms with van der Waals surface area (Å²) in [4.78, 5) is 11.2. The fourth-order valence-electron chi connectivity index (χ4n) is 2.69. The molecule has 1 saturated heterocycles. The summed E-state index contributed by atoms with van der Waals surface area (Å²) in [5.74, 6) is 1.42. The first-order valence-corrected chi connectivity index (χ1v) is 9.76. The summed E-state index contributed by atoms with van der Waals surface area (Å²) >= 11 is 0. The Balaban J connectivity index is 1.55. The van der Waals surface area contributed by atoms with Gasteiger partial charge < -0.3 is 14.7 Å². The van der Waals surface area contributed by atoms with E-state index in [1.807, 2.05) is 13.0 Å². The molecule has 1 aliphatic heterocycles. The summed E-state index contributed by atoms with van der Waals surface area (Å²) in [7, 11) is -3.60. The SMILES string of the molecule is Cc1cc(N2CCCCC2)nc(NCCNS(=O)(=O)c2cnoc2)n1. The fraction of sp³-hybridized carbons (Fsp3) is 0.533. The van der Waals surface area contributed by atoms with E-state index in [1.165, 1.54) is 19.3 Å². The van der Waals surface area contributed by atoms with E-state index in [2.05, 4.69) is 34.6 Å². The minimum Gasteiger partial charge on any atom is -0.363 e. The number of nitrogens with zero attached hydrogens (tertiary/aromatic N) is 4. The number of nitrogens with one attached hydrogen (secondary N) is 2. The molecule has 0 spiro atoms. The minimum atomic E-state index is -3.60. The van der Waals surface area contributed by atoms with Crippen molar-refractivity contribution in [3.63, 3.8) is 0 Å². The molecule has 0 unspecified atom stereocenters. The van der Waals surface area contributed by atoms with Crippen LogP contribution >= 0.6 is 0 Å². The number of aryl methyl sites for hydroxylation is 1. The standard InChI is InChI=1S/C15H22N6O3S/c1-12-9-14(21-7-3-2-4-8-21)20-15(19-12)16-5-6-18-25(22,23)13-10-17-24-11-13/h9-11,18H,2-8H2,1H3,(H,16,19,20). The second-order valence-electron chi connectivity index (χ2n) is 5.92. The van der Waals surface area contributed by atoms with E-state index in [9.17, 15) is 8.42 Å². The summed E-state index contributed by atoms with van der Waals surface area (Å²) in [6.45, 7) is 4.51. The Kier molecular flexibility index (Phi) is 5.49. The molecule has 0 atom stereocenters. The molecule has 136 valence electrons. The Labute approximate surface area is 146 Å². The van der Waals surface area contributed by atoms with Crippen LogP contribution in [-0.4, -0.2) is 49.7 Å². The topological polar surface area (TPSA) is 113 Å². The molecule has 0 bridgehead atoms. The Morgan fingerprint density at radius 1 is 1.20 bits per heavy atom. The van der Waals surface area contributed by atoms with E-state index >= 15 is 0 Å². The molecule has 0 aromatic carbocycles. The molecule has 2 aromatic heterocycles. The number of sulfonamides is 1.